The van der Waals surface area contributed by atoms with Crippen LogP contribution in [0, 0.1) is 66.2 Å². The zero-order valence-electron chi connectivity index (χ0n) is 41.1. The first-order chi connectivity index (χ1) is 26.4. The molecule has 0 heterocycles. The first-order valence-corrected chi connectivity index (χ1v) is 21.6. The van der Waals surface area contributed by atoms with Crippen LogP contribution < -0.4 is 0 Å². The first kappa shape index (κ1) is 67.7. The fraction of sp³-hybridized carbons (Fsp3) is 0.615. The van der Waals surface area contributed by atoms with Crippen LogP contribution in [0.15, 0.2) is 60.7 Å². The zero-order valence-corrected chi connectivity index (χ0v) is 41.1. The minimum absolute atomic E-state index is 0.500. The maximum atomic E-state index is 12.7. The smallest absolute Gasteiger partial charge is 0.165 e. The Balaban J connectivity index is -0.000000101. The van der Waals surface area contributed by atoms with Crippen molar-refractivity contribution in [2.45, 2.75) is 197 Å². The molecule has 0 nitrogen and oxygen atoms in total. The SMILES string of the molecule is CC.CC.CC.CC.CC.CC#CC.CC(C)(C)C.CC1CCC(C)CC1.CCc1ccccc1C(C)C.Cc1c(F)c(F)c(C)c(F)c1F.c1ccccc1. The summed E-state index contributed by atoms with van der Waals surface area (Å²) in [7, 11) is 0. The summed E-state index contributed by atoms with van der Waals surface area (Å²) in [5.41, 5.74) is 2.23. The van der Waals surface area contributed by atoms with Crippen molar-refractivity contribution in [1.29, 1.82) is 0 Å². The van der Waals surface area contributed by atoms with Gasteiger partial charge < -0.3 is 0 Å². The minimum atomic E-state index is -1.33. The number of halogens is 4. The van der Waals surface area contributed by atoms with Gasteiger partial charge in [-0.3, -0.25) is 0 Å². The molecule has 1 fully saturated rings. The molecule has 0 aromatic heterocycles. The van der Waals surface area contributed by atoms with Crippen LogP contribution in [0.3, 0.4) is 0 Å². The molecule has 4 heteroatoms. The Morgan fingerprint density at radius 2 is 0.768 bits per heavy atom. The number of rotatable bonds is 2. The Hall–Kier alpha value is -3.06. The van der Waals surface area contributed by atoms with Crippen molar-refractivity contribution in [3.8, 4) is 11.8 Å². The fourth-order valence-electron chi connectivity index (χ4n) is 4.08. The van der Waals surface area contributed by atoms with Crippen molar-refractivity contribution in [1.82, 2.24) is 0 Å². The monoisotopic (exact) mass is 793 g/mol. The Morgan fingerprint density at radius 1 is 0.536 bits per heavy atom. The Morgan fingerprint density at radius 3 is 0.946 bits per heavy atom. The maximum Gasteiger partial charge on any atom is 0.165 e. The predicted octanol–water partition coefficient (Wildman–Crippen LogP) is 19.0. The highest BCUT2D eigenvalue weighted by molar-refractivity contribution is 5.29. The van der Waals surface area contributed by atoms with Crippen LogP contribution >= 0.6 is 0 Å². The van der Waals surface area contributed by atoms with Gasteiger partial charge in [-0.2, -0.15) is 0 Å². The quantitative estimate of drug-likeness (QED) is 0.138. The lowest BCUT2D eigenvalue weighted by Gasteiger charge is -2.22. The summed E-state index contributed by atoms with van der Waals surface area (Å²) >= 11 is 0. The van der Waals surface area contributed by atoms with Gasteiger partial charge in [0.15, 0.2) is 23.3 Å². The number of aryl methyl sites for hydroxylation is 1. The molecule has 56 heavy (non-hydrogen) atoms. The lowest BCUT2D eigenvalue weighted by atomic mass is 9.84. The van der Waals surface area contributed by atoms with Gasteiger partial charge in [0.1, 0.15) is 0 Å². The molecule has 1 saturated carbocycles. The molecule has 0 unspecified atom stereocenters. The normalized spacial score (nSPS) is 12.7. The molecule has 1 aliphatic rings. The van der Waals surface area contributed by atoms with Gasteiger partial charge in [-0.25, -0.2) is 17.6 Å². The summed E-state index contributed by atoms with van der Waals surface area (Å²) in [5, 5.41) is 0. The van der Waals surface area contributed by atoms with E-state index in [9.17, 15) is 17.6 Å². The molecule has 0 N–H and O–H groups in total. The standard InChI is InChI=1S/C11H16.C8H6F4.C8H16.C6H6.C5H12.C4H6.5C2H6/c1-4-10-7-5-6-8-11(10)9(2)3;1-3-5(9)7(11)4(2)8(12)6(3)10;1-7-3-5-8(2)6-4-7;1-2-4-6-5-3-1;1-5(2,3)4;1-3-4-2;5*1-2/h5-9H,4H2,1-3H3;1-2H3;7-8H,3-6H2,1-2H3;1-6H;1-4H3;1-2H3;5*1-2H3. The van der Waals surface area contributed by atoms with Crippen molar-refractivity contribution in [2.75, 3.05) is 0 Å². The molecular weight excluding hydrogens is 701 g/mol. The average molecular weight is 793 g/mol. The summed E-state index contributed by atoms with van der Waals surface area (Å²) in [6, 6.07) is 20.7. The third-order valence-electron chi connectivity index (χ3n) is 6.98. The van der Waals surface area contributed by atoms with E-state index < -0.39 is 34.4 Å². The zero-order chi connectivity index (χ0) is 45.9. The minimum Gasteiger partial charge on any atom is -0.203 e. The van der Waals surface area contributed by atoms with E-state index in [0.717, 1.165) is 32.1 Å². The number of hydrogen-bond acceptors (Lipinski definition) is 0. The molecule has 4 rings (SSSR count). The van der Waals surface area contributed by atoms with E-state index in [1.165, 1.54) is 36.8 Å². The lowest BCUT2D eigenvalue weighted by molar-refractivity contribution is 0.308. The molecule has 1 aliphatic carbocycles. The van der Waals surface area contributed by atoms with Crippen molar-refractivity contribution >= 4 is 0 Å². The third kappa shape index (κ3) is 42.1. The molecule has 3 aromatic rings. The highest BCUT2D eigenvalue weighted by Gasteiger charge is 2.19. The number of hydrogen-bond donors (Lipinski definition) is 0. The second-order valence-corrected chi connectivity index (χ2v) is 13.7. The topological polar surface area (TPSA) is 0 Å². The van der Waals surface area contributed by atoms with Gasteiger partial charge >= 0.3 is 0 Å². The highest BCUT2D eigenvalue weighted by Crippen LogP contribution is 2.27. The van der Waals surface area contributed by atoms with Crippen molar-refractivity contribution in [2.24, 2.45) is 17.3 Å². The molecule has 0 bridgehead atoms. The van der Waals surface area contributed by atoms with Gasteiger partial charge in [-0.1, -0.05) is 218 Å². The summed E-state index contributed by atoms with van der Waals surface area (Å²) in [6.07, 6.45) is 7.04. The summed E-state index contributed by atoms with van der Waals surface area (Å²) < 4.78 is 50.6. The Labute approximate surface area is 349 Å². The second-order valence-electron chi connectivity index (χ2n) is 13.7. The summed E-state index contributed by atoms with van der Waals surface area (Å²) in [5.74, 6) is 2.75. The lowest BCUT2D eigenvalue weighted by Crippen LogP contribution is -2.08. The molecule has 328 valence electrons. The molecule has 3 aromatic carbocycles. The van der Waals surface area contributed by atoms with Crippen LogP contribution in [0.2, 0.25) is 0 Å². The third-order valence-corrected chi connectivity index (χ3v) is 6.98. The van der Waals surface area contributed by atoms with E-state index in [1.54, 1.807) is 0 Å². The van der Waals surface area contributed by atoms with E-state index in [1.807, 2.05) is 119 Å². The predicted molar refractivity (Wildman–Crippen MR) is 250 cm³/mol. The molecule has 0 amide bonds. The van der Waals surface area contributed by atoms with Crippen LogP contribution in [0.4, 0.5) is 17.6 Å². The van der Waals surface area contributed by atoms with Crippen LogP contribution in [-0.4, -0.2) is 0 Å². The summed E-state index contributed by atoms with van der Waals surface area (Å²) in [4.78, 5) is 0. The van der Waals surface area contributed by atoms with Gasteiger partial charge in [-0.15, -0.1) is 11.8 Å². The van der Waals surface area contributed by atoms with Crippen LogP contribution in [-0.2, 0) is 6.42 Å². The van der Waals surface area contributed by atoms with Gasteiger partial charge in [0, 0.05) is 11.1 Å². The largest absolute Gasteiger partial charge is 0.203 e. The first-order valence-electron chi connectivity index (χ1n) is 21.6. The van der Waals surface area contributed by atoms with E-state index in [-0.39, 0.29) is 0 Å². The molecule has 0 saturated heterocycles. The fourth-order valence-corrected chi connectivity index (χ4v) is 4.08. The van der Waals surface area contributed by atoms with E-state index in [4.69, 9.17) is 0 Å². The molecule has 0 spiro atoms. The van der Waals surface area contributed by atoms with Crippen LogP contribution in [0.5, 0.6) is 0 Å². The summed E-state index contributed by atoms with van der Waals surface area (Å²) in [6.45, 7) is 45.8. The van der Waals surface area contributed by atoms with Gasteiger partial charge in [0.2, 0.25) is 0 Å². The Kier molecular flexibility index (Phi) is 58.1. The van der Waals surface area contributed by atoms with Crippen molar-refractivity contribution < 1.29 is 17.6 Å². The molecule has 0 radical (unpaired) electrons. The molecule has 0 aliphatic heterocycles. The molecule has 0 atom stereocenters. The Bertz CT molecular complexity index is 1100. The van der Waals surface area contributed by atoms with Crippen LogP contribution in [0.1, 0.15) is 199 Å². The van der Waals surface area contributed by atoms with Crippen molar-refractivity contribution in [3.63, 3.8) is 0 Å². The van der Waals surface area contributed by atoms with Crippen molar-refractivity contribution in [3.05, 3.63) is 106 Å². The van der Waals surface area contributed by atoms with E-state index >= 15 is 0 Å². The molecular formula is C52H92F4. The number of benzene rings is 3. The van der Waals surface area contributed by atoms with E-state index in [0.29, 0.717) is 11.3 Å². The van der Waals surface area contributed by atoms with Gasteiger partial charge in [-0.05, 0) is 68.4 Å². The van der Waals surface area contributed by atoms with Gasteiger partial charge in [0.05, 0.1) is 0 Å². The second kappa shape index (κ2) is 48.1. The highest BCUT2D eigenvalue weighted by atomic mass is 19.2. The average Bonchev–Trinajstić information content (AvgIpc) is 3.24. The maximum absolute atomic E-state index is 12.7. The van der Waals surface area contributed by atoms with Crippen LogP contribution in [0.25, 0.3) is 0 Å². The van der Waals surface area contributed by atoms with E-state index in [2.05, 4.69) is 98.4 Å². The van der Waals surface area contributed by atoms with Gasteiger partial charge in [0.25, 0.3) is 0 Å².